The Morgan fingerprint density at radius 1 is 1.29 bits per heavy atom. The van der Waals surface area contributed by atoms with Gasteiger partial charge in [0.05, 0.1) is 5.00 Å². The Hall–Kier alpha value is -0.305. The van der Waals surface area contributed by atoms with Gasteiger partial charge in [-0.3, -0.25) is 0 Å². The van der Waals surface area contributed by atoms with Crippen molar-refractivity contribution < 1.29 is 10.0 Å². The van der Waals surface area contributed by atoms with Crippen LogP contribution in [-0.4, -0.2) is 17.2 Å². The van der Waals surface area contributed by atoms with Crippen LogP contribution in [0.3, 0.4) is 0 Å². The Labute approximate surface area is 98.8 Å². The molecule has 0 aliphatic carbocycles. The highest BCUT2D eigenvalue weighted by molar-refractivity contribution is 14.1. The van der Waals surface area contributed by atoms with Crippen LogP contribution in [0.2, 0.25) is 0 Å². The van der Waals surface area contributed by atoms with E-state index in [0.29, 0.717) is 5.46 Å². The molecule has 0 aliphatic rings. The molecule has 0 atom stereocenters. The lowest BCUT2D eigenvalue weighted by Crippen LogP contribution is -2.29. The molecule has 0 radical (unpaired) electrons. The number of halogens is 1. The molecule has 0 spiro atoms. The lowest BCUT2D eigenvalue weighted by Gasteiger charge is -2.01. The van der Waals surface area contributed by atoms with E-state index in [4.69, 9.17) is 15.8 Å². The summed E-state index contributed by atoms with van der Waals surface area (Å²) in [6.45, 7) is 0. The molecule has 0 amide bonds. The first-order chi connectivity index (χ1) is 6.58. The maximum atomic E-state index is 9.04. The van der Waals surface area contributed by atoms with Crippen molar-refractivity contribution in [3.63, 3.8) is 0 Å². The van der Waals surface area contributed by atoms with E-state index in [1.807, 2.05) is 6.07 Å². The number of rotatable bonds is 1. The third kappa shape index (κ3) is 1.74. The number of thiophene rings is 1. The van der Waals surface area contributed by atoms with E-state index in [1.54, 1.807) is 12.1 Å². The minimum atomic E-state index is -1.42. The van der Waals surface area contributed by atoms with Gasteiger partial charge in [-0.25, -0.2) is 0 Å². The molecule has 1 heterocycles. The molecule has 1 aromatic carbocycles. The van der Waals surface area contributed by atoms with Crippen molar-refractivity contribution >= 4 is 61.6 Å². The molecule has 0 unspecified atom stereocenters. The maximum Gasteiger partial charge on any atom is 0.488 e. The van der Waals surface area contributed by atoms with Crippen molar-refractivity contribution in [2.45, 2.75) is 0 Å². The second kappa shape index (κ2) is 3.69. The highest BCUT2D eigenvalue weighted by Gasteiger charge is 2.14. The van der Waals surface area contributed by atoms with Crippen LogP contribution in [0.4, 0.5) is 5.00 Å². The summed E-state index contributed by atoms with van der Waals surface area (Å²) in [4.78, 5) is 0. The van der Waals surface area contributed by atoms with Crippen molar-refractivity contribution in [1.29, 1.82) is 0 Å². The predicted molar refractivity (Wildman–Crippen MR) is 68.8 cm³/mol. The van der Waals surface area contributed by atoms with Crippen LogP contribution in [0.15, 0.2) is 18.2 Å². The molecule has 72 valence electrons. The van der Waals surface area contributed by atoms with Crippen LogP contribution < -0.4 is 11.2 Å². The number of nitrogens with two attached hydrogens (primary N) is 1. The van der Waals surface area contributed by atoms with Gasteiger partial charge >= 0.3 is 7.12 Å². The number of fused-ring (bicyclic) bond motifs is 1. The summed E-state index contributed by atoms with van der Waals surface area (Å²) in [6, 6.07) is 5.40. The second-order valence-electron chi connectivity index (χ2n) is 2.94. The van der Waals surface area contributed by atoms with Crippen molar-refractivity contribution in [1.82, 2.24) is 0 Å². The third-order valence-electron chi connectivity index (χ3n) is 1.93. The number of hydrogen-bond acceptors (Lipinski definition) is 4. The van der Waals surface area contributed by atoms with Crippen LogP contribution in [0.5, 0.6) is 0 Å². The van der Waals surface area contributed by atoms with Crippen LogP contribution in [-0.2, 0) is 0 Å². The average Bonchev–Trinajstić information content (AvgIpc) is 2.45. The van der Waals surface area contributed by atoms with Crippen LogP contribution in [0, 0.1) is 3.57 Å². The summed E-state index contributed by atoms with van der Waals surface area (Å²) >= 11 is 3.61. The summed E-state index contributed by atoms with van der Waals surface area (Å²) < 4.78 is 1.97. The molecule has 0 fully saturated rings. The zero-order chi connectivity index (χ0) is 10.3. The van der Waals surface area contributed by atoms with Crippen molar-refractivity contribution in [2.75, 3.05) is 5.73 Å². The van der Waals surface area contributed by atoms with E-state index in [0.717, 1.165) is 18.7 Å². The molecule has 1 aromatic heterocycles. The lowest BCUT2D eigenvalue weighted by atomic mass is 9.80. The van der Waals surface area contributed by atoms with Crippen molar-refractivity contribution in [2.24, 2.45) is 0 Å². The molecule has 0 bridgehead atoms. The van der Waals surface area contributed by atoms with Gasteiger partial charge in [0.15, 0.2) is 0 Å². The number of hydrogen-bond donors (Lipinski definition) is 3. The van der Waals surface area contributed by atoms with E-state index in [9.17, 15) is 0 Å². The normalized spacial score (nSPS) is 10.8. The molecule has 3 nitrogen and oxygen atoms in total. The number of benzene rings is 1. The lowest BCUT2D eigenvalue weighted by molar-refractivity contribution is 0.426. The van der Waals surface area contributed by atoms with E-state index in [2.05, 4.69) is 22.6 Å². The monoisotopic (exact) mass is 319 g/mol. The highest BCUT2D eigenvalue weighted by Crippen LogP contribution is 2.29. The van der Waals surface area contributed by atoms with E-state index < -0.39 is 7.12 Å². The van der Waals surface area contributed by atoms with Gasteiger partial charge in [-0.15, -0.1) is 11.3 Å². The molecule has 6 heteroatoms. The Morgan fingerprint density at radius 2 is 2.00 bits per heavy atom. The summed E-state index contributed by atoms with van der Waals surface area (Å²) in [6.07, 6.45) is 0. The molecular formula is C8H7BINO2S. The summed E-state index contributed by atoms with van der Waals surface area (Å²) in [5.41, 5.74) is 6.18. The fraction of sp³-hybridized carbons (Fsp3) is 0. The number of nitrogen functional groups attached to an aromatic ring is 1. The zero-order valence-corrected chi connectivity index (χ0v) is 10.0. The SMILES string of the molecule is Nc1cc2c(I)cc(B(O)O)cc2s1. The molecule has 2 aromatic rings. The van der Waals surface area contributed by atoms with Gasteiger partial charge in [-0.05, 0) is 46.3 Å². The van der Waals surface area contributed by atoms with Gasteiger partial charge in [-0.1, -0.05) is 0 Å². The minimum absolute atomic E-state index is 0.503. The Kier molecular flexibility index (Phi) is 2.69. The fourth-order valence-corrected chi connectivity index (χ4v) is 3.18. The van der Waals surface area contributed by atoms with Crippen LogP contribution in [0.25, 0.3) is 10.1 Å². The second-order valence-corrected chi connectivity index (χ2v) is 5.21. The van der Waals surface area contributed by atoms with Gasteiger partial charge in [0.1, 0.15) is 0 Å². The van der Waals surface area contributed by atoms with Gasteiger partial charge < -0.3 is 15.8 Å². The number of anilines is 1. The van der Waals surface area contributed by atoms with Gasteiger partial charge in [0, 0.05) is 13.7 Å². The first kappa shape index (κ1) is 10.2. The van der Waals surface area contributed by atoms with Crippen molar-refractivity contribution in [3.8, 4) is 0 Å². The smallest absolute Gasteiger partial charge is 0.423 e. The van der Waals surface area contributed by atoms with Gasteiger partial charge in [0.25, 0.3) is 0 Å². The first-order valence-corrected chi connectivity index (χ1v) is 5.82. The third-order valence-corrected chi connectivity index (χ3v) is 3.73. The van der Waals surface area contributed by atoms with E-state index >= 15 is 0 Å². The molecule has 14 heavy (non-hydrogen) atoms. The maximum absolute atomic E-state index is 9.04. The molecule has 0 saturated carbocycles. The Balaban J connectivity index is 2.71. The quantitative estimate of drug-likeness (QED) is 0.537. The van der Waals surface area contributed by atoms with E-state index in [1.165, 1.54) is 11.3 Å². The standard InChI is InChI=1S/C8H7BINO2S/c10-6-1-4(9(12)13)2-7-5(6)3-8(11)14-7/h1-3,12-13H,11H2. The van der Waals surface area contributed by atoms with Gasteiger partial charge in [-0.2, -0.15) is 0 Å². The minimum Gasteiger partial charge on any atom is -0.423 e. The van der Waals surface area contributed by atoms with Crippen molar-refractivity contribution in [3.05, 3.63) is 21.8 Å². The zero-order valence-electron chi connectivity index (χ0n) is 7.07. The fourth-order valence-electron chi connectivity index (χ4n) is 1.28. The Morgan fingerprint density at radius 3 is 2.64 bits per heavy atom. The first-order valence-electron chi connectivity index (χ1n) is 3.92. The predicted octanol–water partition coefficient (Wildman–Crippen LogP) is 0.768. The van der Waals surface area contributed by atoms with E-state index in [-0.39, 0.29) is 0 Å². The topological polar surface area (TPSA) is 66.5 Å². The molecule has 4 N–H and O–H groups in total. The highest BCUT2D eigenvalue weighted by atomic mass is 127. The summed E-state index contributed by atoms with van der Waals surface area (Å²) in [5.74, 6) is 0. The van der Waals surface area contributed by atoms with Crippen LogP contribution in [0.1, 0.15) is 0 Å². The molecule has 0 aliphatic heterocycles. The van der Waals surface area contributed by atoms with Gasteiger partial charge in [0.2, 0.25) is 0 Å². The Bertz CT molecular complexity index is 485. The largest absolute Gasteiger partial charge is 0.488 e. The molecular weight excluding hydrogens is 312 g/mol. The molecule has 2 rings (SSSR count). The van der Waals surface area contributed by atoms with Crippen LogP contribution >= 0.6 is 33.9 Å². The summed E-state index contributed by atoms with van der Waals surface area (Å²) in [5, 5.41) is 19.9. The average molecular weight is 319 g/mol. The molecule has 0 saturated heterocycles. The summed E-state index contributed by atoms with van der Waals surface area (Å²) in [7, 11) is -1.42.